The first-order valence-electron chi connectivity index (χ1n) is 9.19. The molecule has 5 heteroatoms. The van der Waals surface area contributed by atoms with E-state index in [1.54, 1.807) is 13.2 Å². The van der Waals surface area contributed by atoms with Crippen molar-refractivity contribution in [2.45, 2.75) is 6.54 Å². The van der Waals surface area contributed by atoms with E-state index in [1.807, 2.05) is 48.5 Å². The molecule has 0 spiro atoms. The van der Waals surface area contributed by atoms with Gasteiger partial charge in [0, 0.05) is 23.1 Å². The van der Waals surface area contributed by atoms with Crippen molar-refractivity contribution >= 4 is 16.9 Å². The van der Waals surface area contributed by atoms with E-state index in [2.05, 4.69) is 10.6 Å². The second-order valence-corrected chi connectivity index (χ2v) is 6.75. The summed E-state index contributed by atoms with van der Waals surface area (Å²) >= 11 is 0. The zero-order valence-corrected chi connectivity index (χ0v) is 16.2. The van der Waals surface area contributed by atoms with Gasteiger partial charge >= 0.3 is 5.97 Å². The highest BCUT2D eigenvalue weighted by atomic mass is 19.1. The molecular weight excluding hydrogens is 369 g/mol. The lowest BCUT2D eigenvalue weighted by molar-refractivity contribution is 0.0600. The molecule has 0 saturated carbocycles. The van der Waals surface area contributed by atoms with Crippen LogP contribution in [0.4, 0.5) is 4.39 Å². The number of hydrogen-bond acceptors (Lipinski definition) is 3. The van der Waals surface area contributed by atoms with E-state index in [0.717, 1.165) is 27.9 Å². The summed E-state index contributed by atoms with van der Waals surface area (Å²) in [5.74, 6) is -0.258. The lowest BCUT2D eigenvalue weighted by atomic mass is 10.1. The summed E-state index contributed by atoms with van der Waals surface area (Å²) in [5, 5.41) is 1.02. The van der Waals surface area contributed by atoms with Crippen LogP contribution in [0, 0.1) is 5.82 Å². The predicted octanol–water partition coefficient (Wildman–Crippen LogP) is 5.29. The third-order valence-corrected chi connectivity index (χ3v) is 4.90. The zero-order valence-electron chi connectivity index (χ0n) is 16.2. The fourth-order valence-electron chi connectivity index (χ4n) is 3.55. The molecule has 0 aliphatic heterocycles. The standard InChI is InChI=1S/C24H20FNO3/c1-28-21-8-9-22-18(13-21)14-23(17-6-4-3-5-7-17)26(22)15-16-10-19(24(27)29-2)12-20(25)11-16/h3-14H,15H2,1-2H3. The van der Waals surface area contributed by atoms with Gasteiger partial charge in [-0.15, -0.1) is 0 Å². The van der Waals surface area contributed by atoms with Gasteiger partial charge in [-0.3, -0.25) is 0 Å². The van der Waals surface area contributed by atoms with E-state index in [0.29, 0.717) is 12.1 Å². The summed E-state index contributed by atoms with van der Waals surface area (Å²) in [6, 6.07) is 22.2. The van der Waals surface area contributed by atoms with Crippen LogP contribution in [0.1, 0.15) is 15.9 Å². The molecule has 0 saturated heterocycles. The van der Waals surface area contributed by atoms with Crippen molar-refractivity contribution in [3.8, 4) is 17.0 Å². The average molecular weight is 389 g/mol. The number of methoxy groups -OCH3 is 2. The van der Waals surface area contributed by atoms with Crippen molar-refractivity contribution in [1.29, 1.82) is 0 Å². The molecule has 146 valence electrons. The molecule has 0 N–H and O–H groups in total. The van der Waals surface area contributed by atoms with Gasteiger partial charge in [0.1, 0.15) is 11.6 Å². The van der Waals surface area contributed by atoms with Crippen molar-refractivity contribution in [3.05, 3.63) is 89.7 Å². The van der Waals surface area contributed by atoms with Gasteiger partial charge in [-0.2, -0.15) is 0 Å². The molecule has 0 fully saturated rings. The number of rotatable bonds is 5. The number of fused-ring (bicyclic) bond motifs is 1. The Bertz CT molecular complexity index is 1180. The Morgan fingerprint density at radius 2 is 1.76 bits per heavy atom. The summed E-state index contributed by atoms with van der Waals surface area (Å²) in [6.45, 7) is 0.405. The lowest BCUT2D eigenvalue weighted by Gasteiger charge is -2.13. The van der Waals surface area contributed by atoms with Gasteiger partial charge in [0.25, 0.3) is 0 Å². The number of nitrogens with zero attached hydrogens (tertiary/aromatic N) is 1. The molecule has 1 aromatic heterocycles. The summed E-state index contributed by atoms with van der Waals surface area (Å²) in [5.41, 5.74) is 3.91. The fourth-order valence-corrected chi connectivity index (χ4v) is 3.55. The summed E-state index contributed by atoms with van der Waals surface area (Å²) < 4.78 is 26.4. The fraction of sp³-hybridized carbons (Fsp3) is 0.125. The van der Waals surface area contributed by atoms with Crippen molar-refractivity contribution in [1.82, 2.24) is 4.57 Å². The molecule has 0 aliphatic carbocycles. The number of carbonyl (C=O) groups is 1. The molecule has 0 radical (unpaired) electrons. The number of ether oxygens (including phenoxy) is 2. The van der Waals surface area contributed by atoms with Crippen LogP contribution in [-0.2, 0) is 11.3 Å². The minimum Gasteiger partial charge on any atom is -0.497 e. The van der Waals surface area contributed by atoms with Crippen LogP contribution < -0.4 is 4.74 Å². The number of aromatic nitrogens is 1. The Labute approximate surface area is 168 Å². The Kier molecular flexibility index (Phi) is 5.04. The lowest BCUT2D eigenvalue weighted by Crippen LogP contribution is -2.06. The second-order valence-electron chi connectivity index (χ2n) is 6.75. The average Bonchev–Trinajstić information content (AvgIpc) is 3.10. The van der Waals surface area contributed by atoms with Crippen LogP contribution in [-0.4, -0.2) is 24.8 Å². The molecule has 0 atom stereocenters. The molecule has 1 heterocycles. The van der Waals surface area contributed by atoms with Crippen LogP contribution in [0.2, 0.25) is 0 Å². The molecule has 29 heavy (non-hydrogen) atoms. The highest BCUT2D eigenvalue weighted by Gasteiger charge is 2.14. The quantitative estimate of drug-likeness (QED) is 0.436. The number of carbonyl (C=O) groups excluding carboxylic acids is 1. The Morgan fingerprint density at radius 1 is 0.966 bits per heavy atom. The molecule has 0 unspecified atom stereocenters. The summed E-state index contributed by atoms with van der Waals surface area (Å²) in [6.07, 6.45) is 0. The highest BCUT2D eigenvalue weighted by molar-refractivity contribution is 5.90. The first kappa shape index (κ1) is 18.7. The van der Waals surface area contributed by atoms with Crippen molar-refractivity contribution in [2.75, 3.05) is 14.2 Å². The summed E-state index contributed by atoms with van der Waals surface area (Å²) in [4.78, 5) is 11.9. The molecule has 3 aromatic carbocycles. The van der Waals surface area contributed by atoms with Crippen LogP contribution >= 0.6 is 0 Å². The third-order valence-electron chi connectivity index (χ3n) is 4.90. The first-order valence-corrected chi connectivity index (χ1v) is 9.19. The van der Waals surface area contributed by atoms with Crippen LogP contribution in [0.3, 0.4) is 0 Å². The monoisotopic (exact) mass is 389 g/mol. The zero-order chi connectivity index (χ0) is 20.4. The molecule has 4 aromatic rings. The number of halogens is 1. The van der Waals surface area contributed by atoms with E-state index >= 15 is 0 Å². The minimum absolute atomic E-state index is 0.196. The van der Waals surface area contributed by atoms with Gasteiger partial charge in [0.15, 0.2) is 0 Å². The number of hydrogen-bond donors (Lipinski definition) is 0. The van der Waals surface area contributed by atoms with E-state index in [-0.39, 0.29) is 5.56 Å². The summed E-state index contributed by atoms with van der Waals surface area (Å²) in [7, 11) is 2.92. The second kappa shape index (κ2) is 7.80. The number of benzene rings is 3. The molecular formula is C24H20FNO3. The van der Waals surface area contributed by atoms with Gasteiger partial charge in [0.05, 0.1) is 19.8 Å². The topological polar surface area (TPSA) is 40.5 Å². The molecule has 4 rings (SSSR count). The van der Waals surface area contributed by atoms with Gasteiger partial charge in [-0.25, -0.2) is 9.18 Å². The van der Waals surface area contributed by atoms with E-state index < -0.39 is 11.8 Å². The molecule has 4 nitrogen and oxygen atoms in total. The van der Waals surface area contributed by atoms with E-state index in [9.17, 15) is 9.18 Å². The Balaban J connectivity index is 1.86. The van der Waals surface area contributed by atoms with Crippen LogP contribution in [0.15, 0.2) is 72.8 Å². The number of esters is 1. The van der Waals surface area contributed by atoms with Gasteiger partial charge < -0.3 is 14.0 Å². The molecule has 0 amide bonds. The van der Waals surface area contributed by atoms with E-state index in [1.165, 1.54) is 19.2 Å². The van der Waals surface area contributed by atoms with Gasteiger partial charge in [0.2, 0.25) is 0 Å². The normalized spacial score (nSPS) is 10.9. The maximum absolute atomic E-state index is 14.2. The molecule has 0 bridgehead atoms. The first-order chi connectivity index (χ1) is 14.1. The SMILES string of the molecule is COC(=O)c1cc(F)cc(Cn2c(-c3ccccc3)cc3cc(OC)ccc32)c1. The van der Waals surface area contributed by atoms with Crippen molar-refractivity contribution < 1.29 is 18.7 Å². The highest BCUT2D eigenvalue weighted by Crippen LogP contribution is 2.31. The minimum atomic E-state index is -0.559. The third kappa shape index (κ3) is 3.72. The van der Waals surface area contributed by atoms with Crippen molar-refractivity contribution in [2.24, 2.45) is 0 Å². The maximum Gasteiger partial charge on any atom is 0.337 e. The Morgan fingerprint density at radius 3 is 2.48 bits per heavy atom. The van der Waals surface area contributed by atoms with E-state index in [4.69, 9.17) is 9.47 Å². The largest absolute Gasteiger partial charge is 0.497 e. The smallest absolute Gasteiger partial charge is 0.337 e. The van der Waals surface area contributed by atoms with Crippen molar-refractivity contribution in [3.63, 3.8) is 0 Å². The molecule has 0 aliphatic rings. The van der Waals surface area contributed by atoms with Crippen LogP contribution in [0.25, 0.3) is 22.2 Å². The maximum atomic E-state index is 14.2. The van der Waals surface area contributed by atoms with Gasteiger partial charge in [-0.05, 0) is 53.6 Å². The van der Waals surface area contributed by atoms with Crippen LogP contribution in [0.5, 0.6) is 5.75 Å². The predicted molar refractivity (Wildman–Crippen MR) is 111 cm³/mol. The van der Waals surface area contributed by atoms with Gasteiger partial charge in [-0.1, -0.05) is 30.3 Å². The Hall–Kier alpha value is -3.60.